The molecule has 8 nitrogen and oxygen atoms in total. The first-order valence-corrected chi connectivity index (χ1v) is 14.8. The van der Waals surface area contributed by atoms with Gasteiger partial charge >= 0.3 is 6.03 Å². The SMILES string of the molecule is CCNC(=O)N1C(C(=O)N2CCNCC2)C(c2cccc(OC)c2)C(C(=O)c2ccc(Cl)s2)C1c1ccc(F)cc1. The van der Waals surface area contributed by atoms with Gasteiger partial charge in [0.1, 0.15) is 17.6 Å². The van der Waals surface area contributed by atoms with Crippen molar-refractivity contribution in [1.82, 2.24) is 20.4 Å². The topological polar surface area (TPSA) is 91.0 Å². The van der Waals surface area contributed by atoms with E-state index in [2.05, 4.69) is 10.6 Å². The van der Waals surface area contributed by atoms with E-state index in [9.17, 15) is 18.8 Å². The molecule has 2 fully saturated rings. The number of nitrogens with one attached hydrogen (secondary N) is 2. The highest BCUT2D eigenvalue weighted by Crippen LogP contribution is 2.52. The number of thiophene rings is 1. The van der Waals surface area contributed by atoms with Crippen molar-refractivity contribution >= 4 is 40.7 Å². The normalized spacial score (nSPS) is 22.4. The van der Waals surface area contributed by atoms with Crippen LogP contribution in [0.4, 0.5) is 9.18 Å². The van der Waals surface area contributed by atoms with Gasteiger partial charge in [0, 0.05) is 38.6 Å². The summed E-state index contributed by atoms with van der Waals surface area (Å²) in [7, 11) is 1.55. The Labute approximate surface area is 247 Å². The molecule has 2 saturated heterocycles. The number of amides is 3. The fraction of sp³-hybridized carbons (Fsp3) is 0.367. The van der Waals surface area contributed by atoms with E-state index in [4.69, 9.17) is 16.3 Å². The van der Waals surface area contributed by atoms with Crippen LogP contribution in [0, 0.1) is 11.7 Å². The number of halogens is 2. The highest BCUT2D eigenvalue weighted by Gasteiger charge is 2.58. The predicted octanol–water partition coefficient (Wildman–Crippen LogP) is 4.72. The lowest BCUT2D eigenvalue weighted by Crippen LogP contribution is -2.56. The minimum atomic E-state index is -1.01. The van der Waals surface area contributed by atoms with E-state index >= 15 is 0 Å². The number of urea groups is 1. The molecule has 0 radical (unpaired) electrons. The molecule has 2 N–H and O–H groups in total. The number of methoxy groups -OCH3 is 1. The number of hydrogen-bond donors (Lipinski definition) is 2. The van der Waals surface area contributed by atoms with E-state index in [1.165, 1.54) is 17.0 Å². The Balaban J connectivity index is 1.76. The number of ketones is 1. The van der Waals surface area contributed by atoms with Crippen molar-refractivity contribution in [3.8, 4) is 5.75 Å². The van der Waals surface area contributed by atoms with E-state index in [-0.39, 0.29) is 11.7 Å². The van der Waals surface area contributed by atoms with E-state index in [0.29, 0.717) is 58.8 Å². The standard InChI is InChI=1S/C30H32ClFN4O4S/c1-3-34-30(39)36-26(18-7-9-20(32)10-8-18)25(28(37)22-11-12-23(31)41-22)24(19-5-4-6-21(17-19)40-2)27(36)29(38)35-15-13-33-14-16-35/h4-12,17,24-27,33H,3,13-16H2,1-2H3,(H,34,39). The zero-order valence-corrected chi connectivity index (χ0v) is 24.4. The molecule has 3 aromatic rings. The molecule has 216 valence electrons. The minimum absolute atomic E-state index is 0.239. The fourth-order valence-electron chi connectivity index (χ4n) is 5.94. The van der Waals surface area contributed by atoms with Gasteiger partial charge in [-0.2, -0.15) is 0 Å². The number of likely N-dealkylation sites (tertiary alicyclic amines) is 1. The molecule has 4 atom stereocenters. The molecule has 3 heterocycles. The first kappa shape index (κ1) is 29.0. The second kappa shape index (κ2) is 12.6. The molecule has 1 aromatic heterocycles. The van der Waals surface area contributed by atoms with Crippen LogP contribution in [-0.4, -0.2) is 73.4 Å². The van der Waals surface area contributed by atoms with E-state index in [1.807, 2.05) is 18.2 Å². The molecule has 2 aromatic carbocycles. The Kier molecular flexibility index (Phi) is 8.91. The number of ether oxygens (including phenoxy) is 1. The van der Waals surface area contributed by atoms with Gasteiger partial charge in [-0.1, -0.05) is 35.9 Å². The first-order chi connectivity index (χ1) is 19.8. The maximum atomic E-state index is 14.5. The van der Waals surface area contributed by atoms with Crippen molar-refractivity contribution in [2.24, 2.45) is 5.92 Å². The zero-order valence-electron chi connectivity index (χ0n) is 22.8. The number of rotatable bonds is 7. The van der Waals surface area contributed by atoms with Gasteiger partial charge in [-0.15, -0.1) is 11.3 Å². The Morgan fingerprint density at radius 3 is 2.44 bits per heavy atom. The van der Waals surface area contributed by atoms with Crippen molar-refractivity contribution in [1.29, 1.82) is 0 Å². The summed E-state index contributed by atoms with van der Waals surface area (Å²) in [4.78, 5) is 46.5. The summed E-state index contributed by atoms with van der Waals surface area (Å²) in [5, 5.41) is 6.12. The lowest BCUT2D eigenvalue weighted by Gasteiger charge is -2.36. The second-order valence-corrected chi connectivity index (χ2v) is 11.8. The lowest BCUT2D eigenvalue weighted by atomic mass is 9.77. The van der Waals surface area contributed by atoms with Crippen LogP contribution >= 0.6 is 22.9 Å². The molecule has 4 unspecified atom stereocenters. The molecule has 41 heavy (non-hydrogen) atoms. The van der Waals surface area contributed by atoms with Gasteiger partial charge < -0.3 is 25.2 Å². The Hall–Kier alpha value is -3.47. The van der Waals surface area contributed by atoms with Crippen molar-refractivity contribution in [2.75, 3.05) is 39.8 Å². The molecular weight excluding hydrogens is 567 g/mol. The number of nitrogens with zero attached hydrogens (tertiary/aromatic N) is 2. The van der Waals surface area contributed by atoms with Crippen LogP contribution in [0.15, 0.2) is 60.7 Å². The second-order valence-electron chi connectivity index (χ2n) is 10.1. The first-order valence-electron chi connectivity index (χ1n) is 13.6. The molecule has 2 aliphatic rings. The molecule has 0 spiro atoms. The average molecular weight is 599 g/mol. The smallest absolute Gasteiger partial charge is 0.318 e. The van der Waals surface area contributed by atoms with Crippen LogP contribution in [0.1, 0.15) is 39.7 Å². The number of benzene rings is 2. The largest absolute Gasteiger partial charge is 0.497 e. The molecule has 11 heteroatoms. The molecule has 0 bridgehead atoms. The summed E-state index contributed by atoms with van der Waals surface area (Å²) in [6.45, 7) is 4.32. The van der Waals surface area contributed by atoms with Gasteiger partial charge in [-0.25, -0.2) is 9.18 Å². The summed E-state index contributed by atoms with van der Waals surface area (Å²) in [5.41, 5.74) is 1.25. The zero-order chi connectivity index (χ0) is 29.1. The van der Waals surface area contributed by atoms with E-state index in [0.717, 1.165) is 11.3 Å². The van der Waals surface area contributed by atoms with Crippen molar-refractivity contribution in [3.05, 3.63) is 86.8 Å². The van der Waals surface area contributed by atoms with E-state index < -0.39 is 35.8 Å². The molecular formula is C30H32ClFN4O4S. The van der Waals surface area contributed by atoms with Crippen LogP contribution in [0.25, 0.3) is 0 Å². The van der Waals surface area contributed by atoms with Gasteiger partial charge in [0.25, 0.3) is 0 Å². The summed E-state index contributed by atoms with van der Waals surface area (Å²) in [5.74, 6) is -1.95. The molecule has 3 amide bonds. The number of hydrogen-bond acceptors (Lipinski definition) is 6. The van der Waals surface area contributed by atoms with Gasteiger partial charge in [0.15, 0.2) is 5.78 Å². The number of piperazine rings is 1. The number of Topliss-reactive ketones (excluding diaryl/α,β-unsaturated/α-hetero) is 1. The quantitative estimate of drug-likeness (QED) is 0.384. The lowest BCUT2D eigenvalue weighted by molar-refractivity contribution is -0.136. The van der Waals surface area contributed by atoms with Gasteiger partial charge in [0.2, 0.25) is 5.91 Å². The molecule has 5 rings (SSSR count). The van der Waals surface area contributed by atoms with E-state index in [1.54, 1.807) is 49.3 Å². The summed E-state index contributed by atoms with van der Waals surface area (Å²) in [6, 6.07) is 14.0. The summed E-state index contributed by atoms with van der Waals surface area (Å²) in [6.07, 6.45) is 0. The number of carbonyl (C=O) groups excluding carboxylic acids is 3. The van der Waals surface area contributed by atoms with Crippen molar-refractivity contribution < 1.29 is 23.5 Å². The average Bonchev–Trinajstić information content (AvgIpc) is 3.59. The van der Waals surface area contributed by atoms with Crippen LogP contribution in [0.2, 0.25) is 4.34 Å². The maximum absolute atomic E-state index is 14.5. The summed E-state index contributed by atoms with van der Waals surface area (Å²) >= 11 is 7.40. The molecule has 0 saturated carbocycles. The fourth-order valence-corrected chi connectivity index (χ4v) is 6.97. The highest BCUT2D eigenvalue weighted by atomic mass is 35.5. The van der Waals surface area contributed by atoms with Crippen LogP contribution < -0.4 is 15.4 Å². The molecule has 0 aliphatic carbocycles. The third kappa shape index (κ3) is 5.82. The van der Waals surface area contributed by atoms with Gasteiger partial charge in [-0.05, 0) is 54.4 Å². The Morgan fingerprint density at radius 2 is 1.80 bits per heavy atom. The van der Waals surface area contributed by atoms with Crippen molar-refractivity contribution in [2.45, 2.75) is 24.9 Å². The minimum Gasteiger partial charge on any atom is -0.497 e. The third-order valence-electron chi connectivity index (χ3n) is 7.72. The van der Waals surface area contributed by atoms with Gasteiger partial charge in [-0.3, -0.25) is 9.59 Å². The Morgan fingerprint density at radius 1 is 1.07 bits per heavy atom. The number of carbonyl (C=O) groups is 3. The van der Waals surface area contributed by atoms with Gasteiger partial charge in [0.05, 0.1) is 28.3 Å². The van der Waals surface area contributed by atoms with Crippen LogP contribution in [-0.2, 0) is 4.79 Å². The third-order valence-corrected chi connectivity index (χ3v) is 8.97. The van der Waals surface area contributed by atoms with Crippen LogP contribution in [0.5, 0.6) is 5.75 Å². The predicted molar refractivity (Wildman–Crippen MR) is 156 cm³/mol. The van der Waals surface area contributed by atoms with Crippen molar-refractivity contribution in [3.63, 3.8) is 0 Å². The van der Waals surface area contributed by atoms with Crippen LogP contribution in [0.3, 0.4) is 0 Å². The maximum Gasteiger partial charge on any atom is 0.318 e. The highest BCUT2D eigenvalue weighted by molar-refractivity contribution is 7.18. The summed E-state index contributed by atoms with van der Waals surface area (Å²) < 4.78 is 20.1. The Bertz CT molecular complexity index is 1410. The molecule has 2 aliphatic heterocycles. The monoisotopic (exact) mass is 598 g/mol.